The molecule has 1 saturated heterocycles. The van der Waals surface area contributed by atoms with Crippen LogP contribution in [0.25, 0.3) is 0 Å². The summed E-state index contributed by atoms with van der Waals surface area (Å²) in [5, 5.41) is 0. The van der Waals surface area contributed by atoms with Gasteiger partial charge in [-0.2, -0.15) is 0 Å². The van der Waals surface area contributed by atoms with Crippen LogP contribution in [0.5, 0.6) is 0 Å². The topological polar surface area (TPSA) is 49.3 Å². The van der Waals surface area contributed by atoms with Crippen molar-refractivity contribution >= 4 is 5.91 Å². The molecule has 25 heavy (non-hydrogen) atoms. The highest BCUT2D eigenvalue weighted by atomic mass is 16.2. The minimum absolute atomic E-state index is 0.0592. The molecule has 0 N–H and O–H groups in total. The molecular formula is C20H32N4O. The Bertz CT molecular complexity index is 617. The highest BCUT2D eigenvalue weighted by Crippen LogP contribution is 2.25. The molecule has 3 heterocycles. The number of piperidine rings is 1. The van der Waals surface area contributed by atoms with Gasteiger partial charge in [0, 0.05) is 36.2 Å². The summed E-state index contributed by atoms with van der Waals surface area (Å²) in [7, 11) is 0. The molecule has 1 aromatic heterocycles. The van der Waals surface area contributed by atoms with Crippen LogP contribution in [-0.2, 0) is 23.3 Å². The number of hydrogen-bond donors (Lipinski definition) is 0. The average molecular weight is 345 g/mol. The normalized spacial score (nSPS) is 19.8. The van der Waals surface area contributed by atoms with Crippen molar-refractivity contribution in [1.82, 2.24) is 19.8 Å². The van der Waals surface area contributed by atoms with Crippen molar-refractivity contribution in [1.29, 1.82) is 0 Å². The molecule has 0 saturated carbocycles. The third kappa shape index (κ3) is 4.38. The van der Waals surface area contributed by atoms with Crippen LogP contribution >= 0.6 is 0 Å². The maximum atomic E-state index is 12.6. The van der Waals surface area contributed by atoms with Gasteiger partial charge in [-0.25, -0.2) is 9.97 Å². The number of fused-ring (bicyclic) bond motifs is 1. The van der Waals surface area contributed by atoms with Crippen molar-refractivity contribution in [2.24, 2.45) is 0 Å². The lowest BCUT2D eigenvalue weighted by atomic mass is 9.95. The van der Waals surface area contributed by atoms with E-state index in [9.17, 15) is 4.79 Å². The maximum absolute atomic E-state index is 12.6. The molecule has 138 valence electrons. The first-order chi connectivity index (χ1) is 11.8. The van der Waals surface area contributed by atoms with E-state index in [0.717, 1.165) is 23.5 Å². The van der Waals surface area contributed by atoms with E-state index in [4.69, 9.17) is 4.98 Å². The summed E-state index contributed by atoms with van der Waals surface area (Å²) in [5.74, 6) is 1.11. The zero-order valence-corrected chi connectivity index (χ0v) is 16.2. The highest BCUT2D eigenvalue weighted by molar-refractivity contribution is 5.76. The second-order valence-electron chi connectivity index (χ2n) is 8.65. The molecule has 1 fully saturated rings. The molecule has 5 heteroatoms. The van der Waals surface area contributed by atoms with E-state index in [1.54, 1.807) is 0 Å². The minimum Gasteiger partial charge on any atom is -0.332 e. The fourth-order valence-corrected chi connectivity index (χ4v) is 3.72. The number of carbonyl (C=O) groups excluding carboxylic acids is 1. The Labute approximate surface area is 151 Å². The molecule has 1 atom stereocenters. The van der Waals surface area contributed by atoms with Crippen LogP contribution in [0.3, 0.4) is 0 Å². The van der Waals surface area contributed by atoms with E-state index in [1.807, 2.05) is 11.1 Å². The standard InChI is InChI=1S/C20H32N4O/c1-15(23-10-6-5-7-11-23)8-9-18(25)24-13-16-12-21-19(20(2,3)4)22-17(16)14-24/h12,15H,5-11,13-14H2,1-4H3/t15-/m0/s1. The molecule has 0 bridgehead atoms. The summed E-state index contributed by atoms with van der Waals surface area (Å²) in [4.78, 5) is 26.3. The second-order valence-corrected chi connectivity index (χ2v) is 8.65. The van der Waals surface area contributed by atoms with Crippen LogP contribution in [0.1, 0.15) is 76.9 Å². The Kier molecular flexibility index (Phi) is 5.42. The molecule has 0 spiro atoms. The third-order valence-corrected chi connectivity index (χ3v) is 5.47. The molecule has 0 aliphatic carbocycles. The highest BCUT2D eigenvalue weighted by Gasteiger charge is 2.28. The number of amides is 1. The predicted octanol–water partition coefficient (Wildman–Crippen LogP) is 3.27. The van der Waals surface area contributed by atoms with Crippen molar-refractivity contribution in [2.45, 2.75) is 84.3 Å². The van der Waals surface area contributed by atoms with E-state index in [-0.39, 0.29) is 11.3 Å². The molecule has 5 nitrogen and oxygen atoms in total. The van der Waals surface area contributed by atoms with Gasteiger partial charge in [0.15, 0.2) is 0 Å². The predicted molar refractivity (Wildman–Crippen MR) is 99.1 cm³/mol. The number of nitrogens with zero attached hydrogens (tertiary/aromatic N) is 4. The van der Waals surface area contributed by atoms with Crippen molar-refractivity contribution in [3.05, 3.63) is 23.3 Å². The van der Waals surface area contributed by atoms with Gasteiger partial charge in [-0.1, -0.05) is 27.2 Å². The summed E-state index contributed by atoms with van der Waals surface area (Å²) in [6.07, 6.45) is 7.44. The molecule has 2 aliphatic rings. The Balaban J connectivity index is 1.53. The van der Waals surface area contributed by atoms with Crippen LogP contribution in [0.15, 0.2) is 6.20 Å². The summed E-state index contributed by atoms with van der Waals surface area (Å²) in [6.45, 7) is 12.3. The summed E-state index contributed by atoms with van der Waals surface area (Å²) >= 11 is 0. The average Bonchev–Trinajstić information content (AvgIpc) is 3.02. The van der Waals surface area contributed by atoms with Crippen molar-refractivity contribution in [3.63, 3.8) is 0 Å². The van der Waals surface area contributed by atoms with E-state index in [0.29, 0.717) is 25.6 Å². The molecule has 0 radical (unpaired) electrons. The van der Waals surface area contributed by atoms with E-state index < -0.39 is 0 Å². The quantitative estimate of drug-likeness (QED) is 0.841. The molecule has 1 amide bonds. The van der Waals surface area contributed by atoms with Crippen LogP contribution < -0.4 is 0 Å². The SMILES string of the molecule is C[C@@H](CCC(=O)N1Cc2cnc(C(C)(C)C)nc2C1)N1CCCCC1. The van der Waals surface area contributed by atoms with Gasteiger partial charge in [-0.15, -0.1) is 0 Å². The van der Waals surface area contributed by atoms with Gasteiger partial charge in [0.1, 0.15) is 5.82 Å². The maximum Gasteiger partial charge on any atom is 0.223 e. The van der Waals surface area contributed by atoms with Crippen LogP contribution in [0.4, 0.5) is 0 Å². The summed E-state index contributed by atoms with van der Waals surface area (Å²) in [5.41, 5.74) is 2.07. The number of aromatic nitrogens is 2. The van der Waals surface area contributed by atoms with Gasteiger partial charge in [-0.3, -0.25) is 4.79 Å². The number of rotatable bonds is 4. The second kappa shape index (κ2) is 7.40. The van der Waals surface area contributed by atoms with Gasteiger partial charge in [-0.05, 0) is 39.3 Å². The number of carbonyl (C=O) groups is 1. The van der Waals surface area contributed by atoms with Gasteiger partial charge < -0.3 is 9.80 Å². The lowest BCUT2D eigenvalue weighted by Gasteiger charge is -2.32. The number of likely N-dealkylation sites (tertiary alicyclic amines) is 1. The Morgan fingerprint density at radius 1 is 1.20 bits per heavy atom. The Morgan fingerprint density at radius 3 is 2.60 bits per heavy atom. The summed E-state index contributed by atoms with van der Waals surface area (Å²) in [6, 6.07) is 0.501. The Hall–Kier alpha value is -1.49. The Morgan fingerprint density at radius 2 is 1.92 bits per heavy atom. The zero-order valence-electron chi connectivity index (χ0n) is 16.2. The molecular weight excluding hydrogens is 312 g/mol. The van der Waals surface area contributed by atoms with Gasteiger partial charge in [0.05, 0.1) is 12.2 Å². The van der Waals surface area contributed by atoms with Crippen LogP contribution in [0, 0.1) is 0 Å². The smallest absolute Gasteiger partial charge is 0.223 e. The van der Waals surface area contributed by atoms with Crippen molar-refractivity contribution in [2.75, 3.05) is 13.1 Å². The van der Waals surface area contributed by atoms with Crippen molar-refractivity contribution in [3.8, 4) is 0 Å². The molecule has 2 aliphatic heterocycles. The van der Waals surface area contributed by atoms with E-state index in [1.165, 1.54) is 32.4 Å². The molecule has 3 rings (SSSR count). The van der Waals surface area contributed by atoms with Gasteiger partial charge in [0.25, 0.3) is 0 Å². The lowest BCUT2D eigenvalue weighted by molar-refractivity contribution is -0.132. The fourth-order valence-electron chi connectivity index (χ4n) is 3.72. The first-order valence-electron chi connectivity index (χ1n) is 9.71. The zero-order chi connectivity index (χ0) is 18.0. The fraction of sp³-hybridized carbons (Fsp3) is 0.750. The third-order valence-electron chi connectivity index (χ3n) is 5.47. The van der Waals surface area contributed by atoms with Crippen LogP contribution in [0.2, 0.25) is 0 Å². The monoisotopic (exact) mass is 344 g/mol. The van der Waals surface area contributed by atoms with Crippen molar-refractivity contribution < 1.29 is 4.79 Å². The minimum atomic E-state index is -0.0592. The van der Waals surface area contributed by atoms with E-state index in [2.05, 4.69) is 37.6 Å². The van der Waals surface area contributed by atoms with E-state index >= 15 is 0 Å². The molecule has 1 aromatic rings. The first-order valence-corrected chi connectivity index (χ1v) is 9.71. The van der Waals surface area contributed by atoms with Gasteiger partial charge >= 0.3 is 0 Å². The largest absolute Gasteiger partial charge is 0.332 e. The first kappa shape index (κ1) is 18.3. The summed E-state index contributed by atoms with van der Waals surface area (Å²) < 4.78 is 0. The number of hydrogen-bond acceptors (Lipinski definition) is 4. The van der Waals surface area contributed by atoms with Crippen LogP contribution in [-0.4, -0.2) is 44.8 Å². The molecule has 0 unspecified atom stereocenters. The molecule has 0 aromatic carbocycles. The van der Waals surface area contributed by atoms with Gasteiger partial charge in [0.2, 0.25) is 5.91 Å². The lowest BCUT2D eigenvalue weighted by Crippen LogP contribution is -2.38.